The number of aliphatic hydroxyl groups is 1. The van der Waals surface area contributed by atoms with Gasteiger partial charge >= 0.3 is 0 Å². The quantitative estimate of drug-likeness (QED) is 0.691. The van der Waals surface area contributed by atoms with Gasteiger partial charge < -0.3 is 20.5 Å². The molecule has 1 aromatic heterocycles. The molecule has 2 fully saturated rings. The second-order valence-corrected chi connectivity index (χ2v) is 7.72. The summed E-state index contributed by atoms with van der Waals surface area (Å²) in [6.07, 6.45) is 0.725. The lowest BCUT2D eigenvalue weighted by Crippen LogP contribution is -2.31. The van der Waals surface area contributed by atoms with E-state index in [1.165, 1.54) is 13.1 Å². The summed E-state index contributed by atoms with van der Waals surface area (Å²) in [5.41, 5.74) is 1.92. The molecule has 2 saturated carbocycles. The van der Waals surface area contributed by atoms with Gasteiger partial charge in [-0.25, -0.2) is 4.98 Å². The minimum absolute atomic E-state index is 0.0957. The summed E-state index contributed by atoms with van der Waals surface area (Å²) in [6.45, 7) is 0. The fourth-order valence-corrected chi connectivity index (χ4v) is 4.38. The lowest BCUT2D eigenvalue weighted by atomic mass is 10.0. The van der Waals surface area contributed by atoms with Crippen molar-refractivity contribution in [3.8, 4) is 0 Å². The molecule has 29 heavy (non-hydrogen) atoms. The third-order valence-corrected chi connectivity index (χ3v) is 5.89. The van der Waals surface area contributed by atoms with Crippen LogP contribution in [0.4, 0.5) is 0 Å². The highest BCUT2D eigenvalue weighted by atomic mass is 16.5. The number of benzene rings is 1. The van der Waals surface area contributed by atoms with Crippen LogP contribution in [0.1, 0.15) is 51.0 Å². The zero-order valence-corrected chi connectivity index (χ0v) is 16.5. The van der Waals surface area contributed by atoms with Gasteiger partial charge in [-0.2, -0.15) is 0 Å². The maximum absolute atomic E-state index is 12.9. The molecule has 7 heteroatoms. The fraction of sp³-hybridized carbons (Fsp3) is 0.409. The van der Waals surface area contributed by atoms with Crippen LogP contribution in [0.2, 0.25) is 0 Å². The number of aromatic nitrogens is 1. The number of nitrogens with zero attached hydrogens (tertiary/aromatic N) is 1. The number of methoxy groups -OCH3 is 1. The number of carbonyl (C=O) groups excluding carboxylic acids is 2. The van der Waals surface area contributed by atoms with Crippen LogP contribution in [0.25, 0.3) is 0 Å². The van der Waals surface area contributed by atoms with Gasteiger partial charge in [0.2, 0.25) is 0 Å². The van der Waals surface area contributed by atoms with Crippen molar-refractivity contribution in [3.05, 3.63) is 65.0 Å². The maximum atomic E-state index is 12.9. The molecule has 0 saturated heterocycles. The molecule has 0 spiro atoms. The molecular weight excluding hydrogens is 370 g/mol. The number of carbonyl (C=O) groups is 2. The zero-order valence-electron chi connectivity index (χ0n) is 16.5. The summed E-state index contributed by atoms with van der Waals surface area (Å²) < 4.78 is 5.64. The first-order valence-corrected chi connectivity index (χ1v) is 9.82. The Morgan fingerprint density at radius 2 is 1.83 bits per heavy atom. The van der Waals surface area contributed by atoms with E-state index < -0.39 is 6.10 Å². The molecular formula is C22H25N3O4. The Balaban J connectivity index is 1.62. The van der Waals surface area contributed by atoms with Crippen molar-refractivity contribution in [2.75, 3.05) is 14.2 Å². The Bertz CT molecular complexity index is 906. The summed E-state index contributed by atoms with van der Waals surface area (Å²) in [7, 11) is 3.10. The number of amides is 2. The van der Waals surface area contributed by atoms with Crippen LogP contribution >= 0.6 is 0 Å². The Morgan fingerprint density at radius 3 is 2.45 bits per heavy atom. The van der Waals surface area contributed by atoms with E-state index >= 15 is 0 Å². The van der Waals surface area contributed by atoms with E-state index in [1.54, 1.807) is 13.2 Å². The van der Waals surface area contributed by atoms with Crippen molar-refractivity contribution in [2.24, 2.45) is 11.8 Å². The van der Waals surface area contributed by atoms with E-state index in [-0.39, 0.29) is 29.7 Å². The molecule has 2 aromatic rings. The van der Waals surface area contributed by atoms with Crippen LogP contribution in [-0.2, 0) is 4.74 Å². The van der Waals surface area contributed by atoms with Gasteiger partial charge in [-0.15, -0.1) is 0 Å². The van der Waals surface area contributed by atoms with Crippen molar-refractivity contribution >= 4 is 11.8 Å². The number of hydrogen-bond acceptors (Lipinski definition) is 5. The van der Waals surface area contributed by atoms with Gasteiger partial charge in [0.15, 0.2) is 0 Å². The monoisotopic (exact) mass is 395 g/mol. The number of aliphatic hydroxyl groups excluding tert-OH is 1. The van der Waals surface area contributed by atoms with Gasteiger partial charge in [0, 0.05) is 25.8 Å². The highest BCUT2D eigenvalue weighted by Crippen LogP contribution is 2.52. The Morgan fingerprint density at radius 1 is 1.14 bits per heavy atom. The van der Waals surface area contributed by atoms with Crippen LogP contribution in [0.5, 0.6) is 0 Å². The fourth-order valence-electron chi connectivity index (χ4n) is 4.38. The van der Waals surface area contributed by atoms with Crippen molar-refractivity contribution < 1.29 is 19.4 Å². The average molecular weight is 395 g/mol. The molecule has 2 unspecified atom stereocenters. The van der Waals surface area contributed by atoms with Gasteiger partial charge in [0.05, 0.1) is 11.8 Å². The van der Waals surface area contributed by atoms with Crippen molar-refractivity contribution in [2.45, 2.75) is 31.1 Å². The smallest absolute Gasteiger partial charge is 0.269 e. The molecule has 152 valence electrons. The van der Waals surface area contributed by atoms with Crippen LogP contribution < -0.4 is 10.6 Å². The number of rotatable bonds is 6. The average Bonchev–Trinajstić information content (AvgIpc) is 3.18. The molecule has 1 heterocycles. The van der Waals surface area contributed by atoms with Crippen molar-refractivity contribution in [1.29, 1.82) is 0 Å². The van der Waals surface area contributed by atoms with Crippen LogP contribution in [0.3, 0.4) is 0 Å². The normalized spacial score (nSPS) is 25.8. The summed E-state index contributed by atoms with van der Waals surface area (Å²) in [5.74, 6) is 0.0975. The van der Waals surface area contributed by atoms with E-state index in [0.29, 0.717) is 23.1 Å². The van der Waals surface area contributed by atoms with Crippen LogP contribution in [0, 0.1) is 11.8 Å². The number of ether oxygens (including phenoxy) is 1. The molecule has 1 aromatic carbocycles. The number of nitrogens with one attached hydrogen (secondary N) is 2. The third kappa shape index (κ3) is 3.88. The SMILES string of the molecule is CNC(=O)c1cc(C(=O)NC2[C@H]3CC(O)C[C@@H]23)cc([C@H](OC)c2ccccc2)n1. The van der Waals surface area contributed by atoms with Crippen molar-refractivity contribution in [1.82, 2.24) is 15.6 Å². The first kappa shape index (κ1) is 19.5. The zero-order chi connectivity index (χ0) is 20.5. The number of hydrogen-bond donors (Lipinski definition) is 3. The topological polar surface area (TPSA) is 101 Å². The van der Waals surface area contributed by atoms with E-state index in [1.807, 2.05) is 30.3 Å². The maximum Gasteiger partial charge on any atom is 0.269 e. The van der Waals surface area contributed by atoms with Crippen molar-refractivity contribution in [3.63, 3.8) is 0 Å². The molecule has 7 nitrogen and oxygen atoms in total. The van der Waals surface area contributed by atoms with Crippen LogP contribution in [-0.4, -0.2) is 48.2 Å². The van der Waals surface area contributed by atoms with E-state index in [9.17, 15) is 14.7 Å². The minimum Gasteiger partial charge on any atom is -0.393 e. The second kappa shape index (κ2) is 7.93. The van der Waals surface area contributed by atoms with Gasteiger partial charge in [-0.3, -0.25) is 9.59 Å². The number of fused-ring (bicyclic) bond motifs is 1. The predicted molar refractivity (Wildman–Crippen MR) is 106 cm³/mol. The molecule has 2 amide bonds. The highest BCUT2D eigenvalue weighted by molar-refractivity contribution is 5.99. The lowest BCUT2D eigenvalue weighted by molar-refractivity contribution is 0.0935. The molecule has 5 atom stereocenters. The predicted octanol–water partition coefficient (Wildman–Crippen LogP) is 1.68. The standard InChI is InChI=1S/C22H25N3O4/c1-23-22(28)18-9-13(21(27)25-19-15-10-14(26)11-16(15)19)8-17(24-18)20(29-2)12-6-4-3-5-7-12/h3-9,14-16,19-20,26H,10-11H2,1-2H3,(H,23,28)(H,25,27)/t14?,15-,16+,19?,20-/m1/s1. The summed E-state index contributed by atoms with van der Waals surface area (Å²) >= 11 is 0. The minimum atomic E-state index is -0.497. The molecule has 2 aliphatic rings. The largest absolute Gasteiger partial charge is 0.393 e. The third-order valence-electron chi connectivity index (χ3n) is 5.89. The Kier molecular flexibility index (Phi) is 5.34. The van der Waals surface area contributed by atoms with Crippen LogP contribution in [0.15, 0.2) is 42.5 Å². The Hall–Kier alpha value is -2.77. The second-order valence-electron chi connectivity index (χ2n) is 7.72. The van der Waals surface area contributed by atoms with Gasteiger partial charge in [0.1, 0.15) is 11.8 Å². The number of pyridine rings is 1. The summed E-state index contributed by atoms with van der Waals surface area (Å²) in [6, 6.07) is 12.8. The molecule has 2 aliphatic carbocycles. The van der Waals surface area contributed by atoms with Gasteiger partial charge in [0.25, 0.3) is 11.8 Å². The lowest BCUT2D eigenvalue weighted by Gasteiger charge is -2.17. The van der Waals surface area contributed by atoms with Gasteiger partial charge in [-0.1, -0.05) is 30.3 Å². The highest BCUT2D eigenvalue weighted by Gasteiger charge is 2.56. The first-order chi connectivity index (χ1) is 14.0. The molecule has 3 N–H and O–H groups in total. The molecule has 0 bridgehead atoms. The summed E-state index contributed by atoms with van der Waals surface area (Å²) in [5, 5.41) is 15.3. The molecule has 0 aliphatic heterocycles. The van der Waals surface area contributed by atoms with E-state index in [0.717, 1.165) is 18.4 Å². The molecule has 4 rings (SSSR count). The van der Waals surface area contributed by atoms with Gasteiger partial charge in [-0.05, 0) is 42.4 Å². The Labute approximate surface area is 169 Å². The van der Waals surface area contributed by atoms with E-state index in [2.05, 4.69) is 15.6 Å². The van der Waals surface area contributed by atoms with E-state index in [4.69, 9.17) is 4.74 Å². The summed E-state index contributed by atoms with van der Waals surface area (Å²) in [4.78, 5) is 29.6. The molecule has 0 radical (unpaired) electrons. The first-order valence-electron chi connectivity index (χ1n) is 9.82.